The number of carbonyl (C=O) groups excluding carboxylic acids is 2. The number of pyridine rings is 1. The highest BCUT2D eigenvalue weighted by Crippen LogP contribution is 2.16. The fourth-order valence-corrected chi connectivity index (χ4v) is 2.40. The third-order valence-electron chi connectivity index (χ3n) is 4.03. The number of H-pyrrole nitrogens is 2. The molecule has 0 atom stereocenters. The zero-order chi connectivity index (χ0) is 21.9. The van der Waals surface area contributed by atoms with E-state index in [4.69, 9.17) is 4.74 Å². The van der Waals surface area contributed by atoms with Crippen molar-refractivity contribution in [3.63, 3.8) is 0 Å². The Bertz CT molecular complexity index is 1190. The SMILES string of the molecule is CCOC(=O)c1cc(C=Cc2cnc3nc(NC(=O)C(C)(C)C)[nH]c(=O)c3c2)[nH]n1. The predicted molar refractivity (Wildman–Crippen MR) is 112 cm³/mol. The normalized spacial score (nSPS) is 11.7. The molecule has 0 unspecified atom stereocenters. The number of nitrogens with one attached hydrogen (secondary N) is 3. The van der Waals surface area contributed by atoms with Crippen LogP contribution in [0.2, 0.25) is 0 Å². The van der Waals surface area contributed by atoms with Gasteiger partial charge in [-0.15, -0.1) is 0 Å². The van der Waals surface area contributed by atoms with Crippen LogP contribution in [0.4, 0.5) is 5.95 Å². The quantitative estimate of drug-likeness (QED) is 0.548. The second kappa shape index (κ2) is 8.27. The molecule has 30 heavy (non-hydrogen) atoms. The number of rotatable bonds is 5. The number of carbonyl (C=O) groups is 2. The van der Waals surface area contributed by atoms with E-state index in [0.717, 1.165) is 0 Å². The van der Waals surface area contributed by atoms with E-state index in [2.05, 4.69) is 30.5 Å². The average Bonchev–Trinajstić information content (AvgIpc) is 3.15. The van der Waals surface area contributed by atoms with Gasteiger partial charge in [0, 0.05) is 11.6 Å². The van der Waals surface area contributed by atoms with Crippen molar-refractivity contribution >= 4 is 41.0 Å². The van der Waals surface area contributed by atoms with Gasteiger partial charge in [0.1, 0.15) is 0 Å². The van der Waals surface area contributed by atoms with E-state index < -0.39 is 16.9 Å². The lowest BCUT2D eigenvalue weighted by molar-refractivity contribution is -0.123. The molecule has 0 fully saturated rings. The van der Waals surface area contributed by atoms with Crippen molar-refractivity contribution in [3.05, 3.63) is 45.6 Å². The topological polar surface area (TPSA) is 143 Å². The molecule has 10 heteroatoms. The highest BCUT2D eigenvalue weighted by Gasteiger charge is 2.22. The summed E-state index contributed by atoms with van der Waals surface area (Å²) in [4.78, 5) is 47.1. The molecule has 0 bridgehead atoms. The Kier molecular flexibility index (Phi) is 5.77. The van der Waals surface area contributed by atoms with Gasteiger partial charge in [-0.25, -0.2) is 9.78 Å². The standard InChI is InChI=1S/C20H22N6O4/c1-5-30-17(28)14-9-12(25-26-14)7-6-11-8-13-15(21-10-11)22-19(23-16(13)27)24-18(29)20(2,3)4/h6-10H,5H2,1-4H3,(H,25,26)(H2,21,22,23,24,27,29). The molecular formula is C20H22N6O4. The molecule has 0 aliphatic heterocycles. The Morgan fingerprint density at radius 2 is 2.00 bits per heavy atom. The average molecular weight is 410 g/mol. The molecule has 156 valence electrons. The number of nitrogens with zero attached hydrogens (tertiary/aromatic N) is 3. The molecule has 3 N–H and O–H groups in total. The lowest BCUT2D eigenvalue weighted by Gasteiger charge is -2.16. The van der Waals surface area contributed by atoms with Gasteiger partial charge in [-0.2, -0.15) is 10.1 Å². The van der Waals surface area contributed by atoms with E-state index in [-0.39, 0.29) is 35.2 Å². The van der Waals surface area contributed by atoms with Crippen LogP contribution in [0.15, 0.2) is 23.1 Å². The molecule has 1 amide bonds. The summed E-state index contributed by atoms with van der Waals surface area (Å²) in [5.41, 5.74) is 0.581. The van der Waals surface area contributed by atoms with Gasteiger partial charge in [0.15, 0.2) is 11.3 Å². The fourth-order valence-electron chi connectivity index (χ4n) is 2.40. The maximum Gasteiger partial charge on any atom is 0.358 e. The molecule has 0 spiro atoms. The molecule has 0 aromatic carbocycles. The van der Waals surface area contributed by atoms with Crippen molar-refractivity contribution < 1.29 is 14.3 Å². The number of amides is 1. The van der Waals surface area contributed by atoms with Crippen molar-refractivity contribution in [3.8, 4) is 0 Å². The molecular weight excluding hydrogens is 388 g/mol. The van der Waals surface area contributed by atoms with Crippen LogP contribution in [0.3, 0.4) is 0 Å². The zero-order valence-corrected chi connectivity index (χ0v) is 17.1. The van der Waals surface area contributed by atoms with Crippen molar-refractivity contribution in [1.29, 1.82) is 0 Å². The molecule has 3 aromatic heterocycles. The molecule has 3 rings (SSSR count). The second-order valence-electron chi connectivity index (χ2n) is 7.52. The van der Waals surface area contributed by atoms with Gasteiger partial charge in [-0.05, 0) is 30.7 Å². The summed E-state index contributed by atoms with van der Waals surface area (Å²) < 4.78 is 4.89. The van der Waals surface area contributed by atoms with Crippen molar-refractivity contribution in [1.82, 2.24) is 25.1 Å². The first-order valence-corrected chi connectivity index (χ1v) is 9.29. The number of aromatic amines is 2. The van der Waals surface area contributed by atoms with Crippen LogP contribution in [0.5, 0.6) is 0 Å². The summed E-state index contributed by atoms with van der Waals surface area (Å²) in [7, 11) is 0. The van der Waals surface area contributed by atoms with Crippen molar-refractivity contribution in [2.45, 2.75) is 27.7 Å². The largest absolute Gasteiger partial charge is 0.461 e. The van der Waals surface area contributed by atoms with Crippen LogP contribution in [0, 0.1) is 5.41 Å². The minimum atomic E-state index is -0.630. The molecule has 0 saturated carbocycles. The van der Waals surface area contributed by atoms with Crippen LogP contribution in [0.1, 0.15) is 49.4 Å². The third-order valence-corrected chi connectivity index (χ3v) is 4.03. The number of hydrogen-bond donors (Lipinski definition) is 3. The van der Waals surface area contributed by atoms with Crippen LogP contribution in [0.25, 0.3) is 23.2 Å². The van der Waals surface area contributed by atoms with E-state index >= 15 is 0 Å². The van der Waals surface area contributed by atoms with Crippen LogP contribution >= 0.6 is 0 Å². The van der Waals surface area contributed by atoms with Crippen LogP contribution in [-0.2, 0) is 9.53 Å². The Balaban J connectivity index is 1.82. The Hall–Kier alpha value is -3.82. The summed E-state index contributed by atoms with van der Waals surface area (Å²) in [5, 5.41) is 9.49. The van der Waals surface area contributed by atoms with Gasteiger partial charge < -0.3 is 4.74 Å². The van der Waals surface area contributed by atoms with Gasteiger partial charge in [0.2, 0.25) is 11.9 Å². The third kappa shape index (κ3) is 4.77. The molecule has 0 saturated heterocycles. The molecule has 0 aliphatic carbocycles. The van der Waals surface area contributed by atoms with E-state index in [1.807, 2.05) is 0 Å². The van der Waals surface area contributed by atoms with Crippen molar-refractivity contribution in [2.75, 3.05) is 11.9 Å². The summed E-state index contributed by atoms with van der Waals surface area (Å²) >= 11 is 0. The van der Waals surface area contributed by atoms with Gasteiger partial charge in [-0.1, -0.05) is 26.8 Å². The predicted octanol–water partition coefficient (Wildman–Crippen LogP) is 2.37. The number of esters is 1. The lowest BCUT2D eigenvalue weighted by atomic mass is 9.96. The van der Waals surface area contributed by atoms with E-state index in [1.54, 1.807) is 58.2 Å². The van der Waals surface area contributed by atoms with E-state index in [9.17, 15) is 14.4 Å². The summed E-state index contributed by atoms with van der Waals surface area (Å²) in [5.74, 6) is -0.730. The fraction of sp³-hybridized carbons (Fsp3) is 0.300. The minimum Gasteiger partial charge on any atom is -0.461 e. The Morgan fingerprint density at radius 3 is 2.70 bits per heavy atom. The maximum absolute atomic E-state index is 12.4. The number of aromatic nitrogens is 5. The highest BCUT2D eigenvalue weighted by molar-refractivity contribution is 5.93. The first-order chi connectivity index (χ1) is 14.2. The highest BCUT2D eigenvalue weighted by atomic mass is 16.5. The number of ether oxygens (including phenoxy) is 1. The van der Waals surface area contributed by atoms with Crippen LogP contribution in [-0.4, -0.2) is 43.6 Å². The van der Waals surface area contributed by atoms with Gasteiger partial charge in [0.05, 0.1) is 17.7 Å². The van der Waals surface area contributed by atoms with Gasteiger partial charge in [-0.3, -0.25) is 25.0 Å². The Morgan fingerprint density at radius 1 is 1.23 bits per heavy atom. The van der Waals surface area contributed by atoms with Gasteiger partial charge in [0.25, 0.3) is 5.56 Å². The van der Waals surface area contributed by atoms with Gasteiger partial charge >= 0.3 is 5.97 Å². The number of fused-ring (bicyclic) bond motifs is 1. The van der Waals surface area contributed by atoms with E-state index in [1.165, 1.54) is 0 Å². The lowest BCUT2D eigenvalue weighted by Crippen LogP contribution is -2.29. The second-order valence-corrected chi connectivity index (χ2v) is 7.52. The summed E-state index contributed by atoms with van der Waals surface area (Å²) in [6.45, 7) is 7.26. The first kappa shape index (κ1) is 20.9. The molecule has 0 aliphatic rings. The monoisotopic (exact) mass is 410 g/mol. The van der Waals surface area contributed by atoms with Crippen molar-refractivity contribution in [2.24, 2.45) is 5.41 Å². The Labute approximate surface area is 171 Å². The molecule has 3 heterocycles. The molecule has 10 nitrogen and oxygen atoms in total. The maximum atomic E-state index is 12.4. The first-order valence-electron chi connectivity index (χ1n) is 9.29. The molecule has 3 aromatic rings. The summed E-state index contributed by atoms with van der Waals surface area (Å²) in [6, 6.07) is 3.18. The molecule has 0 radical (unpaired) electrons. The van der Waals surface area contributed by atoms with E-state index in [0.29, 0.717) is 11.3 Å². The zero-order valence-electron chi connectivity index (χ0n) is 17.1. The number of anilines is 1. The minimum absolute atomic E-state index is 0.0483. The van der Waals surface area contributed by atoms with Crippen LogP contribution < -0.4 is 10.9 Å². The number of hydrogen-bond acceptors (Lipinski definition) is 7. The summed E-state index contributed by atoms with van der Waals surface area (Å²) in [6.07, 6.45) is 4.95. The smallest absolute Gasteiger partial charge is 0.358 e.